The van der Waals surface area contributed by atoms with E-state index < -0.39 is 0 Å². The van der Waals surface area contributed by atoms with Crippen LogP contribution in [0.25, 0.3) is 5.57 Å². The van der Waals surface area contributed by atoms with Gasteiger partial charge in [-0.3, -0.25) is 0 Å². The van der Waals surface area contributed by atoms with Gasteiger partial charge in [0, 0.05) is 5.02 Å². The van der Waals surface area contributed by atoms with Crippen molar-refractivity contribution in [1.82, 2.24) is 0 Å². The molecule has 1 heteroatoms. The smallest absolute Gasteiger partial charge is 0.0406 e. The first-order valence-corrected chi connectivity index (χ1v) is 7.07. The van der Waals surface area contributed by atoms with Crippen molar-refractivity contribution >= 4 is 17.2 Å². The van der Waals surface area contributed by atoms with Gasteiger partial charge in [-0.1, -0.05) is 42.0 Å². The molecule has 0 aromatic heterocycles. The minimum atomic E-state index is 0.807. The fourth-order valence-corrected chi connectivity index (χ4v) is 2.97. The van der Waals surface area contributed by atoms with Crippen molar-refractivity contribution in [3.05, 3.63) is 64.2 Å². The predicted octanol–water partition coefficient (Wildman–Crippen LogP) is 5.55. The van der Waals surface area contributed by atoms with E-state index in [4.69, 9.17) is 11.6 Å². The third kappa shape index (κ3) is 2.30. The van der Waals surface area contributed by atoms with Crippen molar-refractivity contribution in [1.29, 1.82) is 0 Å². The van der Waals surface area contributed by atoms with Crippen LogP contribution in [0.1, 0.15) is 37.7 Å². The molecule has 3 rings (SSSR count). The Morgan fingerprint density at radius 3 is 2.61 bits per heavy atom. The summed E-state index contributed by atoms with van der Waals surface area (Å²) in [6, 6.07) is 8.23. The van der Waals surface area contributed by atoms with Gasteiger partial charge >= 0.3 is 0 Å². The van der Waals surface area contributed by atoms with Crippen LogP contribution in [0, 0.1) is 0 Å². The number of allylic oxidation sites excluding steroid dienone is 6. The van der Waals surface area contributed by atoms with Gasteiger partial charge in [-0.15, -0.1) is 0 Å². The first-order valence-electron chi connectivity index (χ1n) is 6.69. The minimum absolute atomic E-state index is 0.807. The topological polar surface area (TPSA) is 0 Å². The summed E-state index contributed by atoms with van der Waals surface area (Å²) in [7, 11) is 0. The van der Waals surface area contributed by atoms with Crippen LogP contribution in [-0.2, 0) is 0 Å². The van der Waals surface area contributed by atoms with Crippen molar-refractivity contribution < 1.29 is 0 Å². The van der Waals surface area contributed by atoms with Gasteiger partial charge in [0.1, 0.15) is 0 Å². The predicted molar refractivity (Wildman–Crippen MR) is 78.7 cm³/mol. The van der Waals surface area contributed by atoms with Gasteiger partial charge in [0.15, 0.2) is 0 Å². The maximum Gasteiger partial charge on any atom is 0.0406 e. The summed E-state index contributed by atoms with van der Waals surface area (Å²) >= 11 is 5.97. The molecular weight excluding hydrogens is 240 g/mol. The van der Waals surface area contributed by atoms with Crippen LogP contribution in [0.15, 0.2) is 53.6 Å². The van der Waals surface area contributed by atoms with Gasteiger partial charge < -0.3 is 0 Å². The second-order valence-electron chi connectivity index (χ2n) is 4.96. The lowest BCUT2D eigenvalue weighted by molar-refractivity contribution is 0.836. The lowest BCUT2D eigenvalue weighted by Gasteiger charge is -2.14. The largest absolute Gasteiger partial charge is 0.0843 e. The monoisotopic (exact) mass is 256 g/mol. The standard InChI is InChI=1S/C17H17Cl/c18-15-11-9-14(10-12-15)16-7-3-1-2-5-13-6-4-8-17(13)16/h3,6-7,9-12H,1-2,4-5,8H2/b7-3-,17-16+. The summed E-state index contributed by atoms with van der Waals surface area (Å²) in [5.74, 6) is 0. The van der Waals surface area contributed by atoms with Crippen LogP contribution < -0.4 is 0 Å². The lowest BCUT2D eigenvalue weighted by Crippen LogP contribution is -1.94. The number of hydrogen-bond donors (Lipinski definition) is 0. The second-order valence-corrected chi connectivity index (χ2v) is 5.40. The molecule has 0 aliphatic heterocycles. The summed E-state index contributed by atoms with van der Waals surface area (Å²) in [4.78, 5) is 0. The van der Waals surface area contributed by atoms with Crippen LogP contribution in [0.4, 0.5) is 0 Å². The molecule has 0 radical (unpaired) electrons. The van der Waals surface area contributed by atoms with E-state index in [1.165, 1.54) is 43.2 Å². The average Bonchev–Trinajstić information content (AvgIpc) is 2.79. The Labute approximate surface area is 114 Å². The number of hydrogen-bond acceptors (Lipinski definition) is 0. The molecule has 2 aliphatic rings. The Morgan fingerprint density at radius 2 is 1.78 bits per heavy atom. The Balaban J connectivity index is 2.08. The molecule has 18 heavy (non-hydrogen) atoms. The number of fused-ring (bicyclic) bond motifs is 1. The van der Waals surface area contributed by atoms with Crippen LogP contribution >= 0.6 is 11.6 Å². The van der Waals surface area contributed by atoms with Gasteiger partial charge in [0.05, 0.1) is 0 Å². The molecule has 0 unspecified atom stereocenters. The van der Waals surface area contributed by atoms with E-state index in [2.05, 4.69) is 30.4 Å². The van der Waals surface area contributed by atoms with E-state index in [-0.39, 0.29) is 0 Å². The first-order chi connectivity index (χ1) is 8.84. The van der Waals surface area contributed by atoms with Crippen molar-refractivity contribution in [3.63, 3.8) is 0 Å². The maximum atomic E-state index is 5.97. The average molecular weight is 257 g/mol. The number of benzene rings is 1. The molecule has 0 atom stereocenters. The molecule has 0 heterocycles. The molecule has 0 spiro atoms. The molecule has 0 saturated heterocycles. The molecule has 92 valence electrons. The fourth-order valence-electron chi connectivity index (χ4n) is 2.85. The Hall–Kier alpha value is -1.27. The molecule has 0 bridgehead atoms. The Morgan fingerprint density at radius 1 is 0.944 bits per heavy atom. The van der Waals surface area contributed by atoms with E-state index in [9.17, 15) is 0 Å². The molecule has 0 saturated carbocycles. The zero-order valence-corrected chi connectivity index (χ0v) is 11.2. The molecule has 0 nitrogen and oxygen atoms in total. The van der Waals surface area contributed by atoms with E-state index in [0.29, 0.717) is 0 Å². The highest BCUT2D eigenvalue weighted by Gasteiger charge is 2.17. The normalized spacial score (nSPS) is 25.1. The molecule has 1 aromatic rings. The third-order valence-electron chi connectivity index (χ3n) is 3.75. The van der Waals surface area contributed by atoms with Crippen molar-refractivity contribution in [3.8, 4) is 0 Å². The zero-order chi connectivity index (χ0) is 12.4. The molecule has 0 N–H and O–H groups in total. The van der Waals surface area contributed by atoms with Crippen molar-refractivity contribution in [2.75, 3.05) is 0 Å². The molecule has 1 aromatic carbocycles. The summed E-state index contributed by atoms with van der Waals surface area (Å²) in [5, 5.41) is 0.807. The van der Waals surface area contributed by atoms with Crippen LogP contribution in [0.5, 0.6) is 0 Å². The van der Waals surface area contributed by atoms with Crippen molar-refractivity contribution in [2.24, 2.45) is 0 Å². The van der Waals surface area contributed by atoms with Gasteiger partial charge in [-0.25, -0.2) is 0 Å². The first kappa shape index (κ1) is 11.8. The summed E-state index contributed by atoms with van der Waals surface area (Å²) in [6.07, 6.45) is 13.1. The van der Waals surface area contributed by atoms with Gasteiger partial charge in [-0.05, 0) is 66.5 Å². The third-order valence-corrected chi connectivity index (χ3v) is 4.01. The van der Waals surface area contributed by atoms with Gasteiger partial charge in [0.25, 0.3) is 0 Å². The molecule has 0 amide bonds. The zero-order valence-electron chi connectivity index (χ0n) is 10.5. The Bertz CT molecular complexity index is 529. The SMILES string of the molecule is Clc1ccc(C2=C3\CCC=C3CCC/C=C\2)cc1. The van der Waals surface area contributed by atoms with Crippen LogP contribution in [0.3, 0.4) is 0 Å². The molecular formula is C17H17Cl. The fraction of sp³-hybridized carbons (Fsp3) is 0.294. The highest BCUT2D eigenvalue weighted by atomic mass is 35.5. The van der Waals surface area contributed by atoms with E-state index in [0.717, 1.165) is 5.02 Å². The van der Waals surface area contributed by atoms with Gasteiger partial charge in [0.2, 0.25) is 0 Å². The summed E-state index contributed by atoms with van der Waals surface area (Å²) < 4.78 is 0. The second kappa shape index (κ2) is 5.16. The molecule has 0 fully saturated rings. The number of halogens is 1. The summed E-state index contributed by atoms with van der Waals surface area (Å²) in [5.41, 5.74) is 5.81. The van der Waals surface area contributed by atoms with E-state index in [1.807, 2.05) is 12.1 Å². The highest BCUT2D eigenvalue weighted by molar-refractivity contribution is 6.30. The van der Waals surface area contributed by atoms with E-state index in [1.54, 1.807) is 11.1 Å². The molecule has 2 aliphatic carbocycles. The Kier molecular flexibility index (Phi) is 3.38. The van der Waals surface area contributed by atoms with E-state index >= 15 is 0 Å². The van der Waals surface area contributed by atoms with Crippen molar-refractivity contribution in [2.45, 2.75) is 32.1 Å². The minimum Gasteiger partial charge on any atom is -0.0843 e. The van der Waals surface area contributed by atoms with Crippen LogP contribution in [0.2, 0.25) is 5.02 Å². The number of rotatable bonds is 1. The maximum absolute atomic E-state index is 5.97. The highest BCUT2D eigenvalue weighted by Crippen LogP contribution is 2.37. The van der Waals surface area contributed by atoms with Crippen LogP contribution in [-0.4, -0.2) is 0 Å². The quantitative estimate of drug-likeness (QED) is 0.618. The lowest BCUT2D eigenvalue weighted by atomic mass is 9.91. The van der Waals surface area contributed by atoms with Gasteiger partial charge in [-0.2, -0.15) is 0 Å². The summed E-state index contributed by atoms with van der Waals surface area (Å²) in [6.45, 7) is 0.